The van der Waals surface area contributed by atoms with Gasteiger partial charge < -0.3 is 19.5 Å². The van der Waals surface area contributed by atoms with E-state index in [4.69, 9.17) is 14.2 Å². The number of rotatable bonds is 6. The Bertz CT molecular complexity index is 1190. The smallest absolute Gasteiger partial charge is 0.359 e. The molecule has 1 aliphatic heterocycles. The van der Waals surface area contributed by atoms with Gasteiger partial charge in [-0.1, -0.05) is 30.3 Å². The zero-order valence-corrected chi connectivity index (χ0v) is 17.3. The topological polar surface area (TPSA) is 109 Å². The second-order valence-electron chi connectivity index (χ2n) is 7.10. The molecule has 1 aromatic heterocycles. The monoisotopic (exact) mass is 435 g/mol. The van der Waals surface area contributed by atoms with E-state index in [2.05, 4.69) is 10.4 Å². The van der Waals surface area contributed by atoms with E-state index < -0.39 is 18.0 Å². The van der Waals surface area contributed by atoms with Gasteiger partial charge in [-0.2, -0.15) is 5.10 Å². The summed E-state index contributed by atoms with van der Waals surface area (Å²) >= 11 is 0. The first-order valence-corrected chi connectivity index (χ1v) is 10.0. The molecule has 0 bridgehead atoms. The molecule has 0 aliphatic carbocycles. The van der Waals surface area contributed by atoms with E-state index in [0.29, 0.717) is 30.4 Å². The van der Waals surface area contributed by atoms with Gasteiger partial charge in [0.2, 0.25) is 0 Å². The minimum Gasteiger partial charge on any atom is -0.486 e. The number of nitrogens with one attached hydrogen (secondary N) is 1. The molecule has 2 aromatic carbocycles. The highest BCUT2D eigenvalue weighted by Gasteiger charge is 2.21. The molecule has 4 rings (SSSR count). The lowest BCUT2D eigenvalue weighted by Crippen LogP contribution is -2.31. The van der Waals surface area contributed by atoms with E-state index in [1.165, 1.54) is 23.7 Å². The highest BCUT2D eigenvalue weighted by molar-refractivity contribution is 5.97. The fraction of sp³-hybridized carbons (Fsp3) is 0.217. The Morgan fingerprint density at radius 2 is 1.81 bits per heavy atom. The number of hydrogen-bond acceptors (Lipinski definition) is 7. The zero-order chi connectivity index (χ0) is 22.5. The van der Waals surface area contributed by atoms with Gasteiger partial charge in [0.25, 0.3) is 11.5 Å². The minimum absolute atomic E-state index is 0.0699. The Kier molecular flexibility index (Phi) is 6.16. The van der Waals surface area contributed by atoms with Crippen LogP contribution in [0.25, 0.3) is 0 Å². The lowest BCUT2D eigenvalue weighted by Gasteiger charge is -2.19. The molecule has 9 heteroatoms. The van der Waals surface area contributed by atoms with Crippen LogP contribution in [0.3, 0.4) is 0 Å². The molecule has 164 valence electrons. The van der Waals surface area contributed by atoms with Crippen molar-refractivity contribution in [2.24, 2.45) is 0 Å². The maximum Gasteiger partial charge on any atom is 0.359 e. The molecule has 3 aromatic rings. The number of benzene rings is 2. The quantitative estimate of drug-likeness (QED) is 0.592. The molecule has 0 saturated heterocycles. The fourth-order valence-electron chi connectivity index (χ4n) is 3.07. The molecular weight excluding hydrogens is 414 g/mol. The van der Waals surface area contributed by atoms with Crippen molar-refractivity contribution in [2.45, 2.75) is 19.6 Å². The summed E-state index contributed by atoms with van der Waals surface area (Å²) < 4.78 is 17.4. The molecule has 0 radical (unpaired) electrons. The molecule has 2 heterocycles. The van der Waals surface area contributed by atoms with Crippen LogP contribution < -0.4 is 20.3 Å². The van der Waals surface area contributed by atoms with Gasteiger partial charge >= 0.3 is 5.97 Å². The highest BCUT2D eigenvalue weighted by atomic mass is 16.6. The molecule has 0 spiro atoms. The maximum atomic E-state index is 12.5. The van der Waals surface area contributed by atoms with Gasteiger partial charge in [-0.25, -0.2) is 9.48 Å². The van der Waals surface area contributed by atoms with Crippen LogP contribution >= 0.6 is 0 Å². The van der Waals surface area contributed by atoms with Gasteiger partial charge in [-0.15, -0.1) is 0 Å². The number of amides is 1. The summed E-state index contributed by atoms with van der Waals surface area (Å²) in [6.07, 6.45) is -1.09. The van der Waals surface area contributed by atoms with Crippen molar-refractivity contribution in [1.82, 2.24) is 9.78 Å². The van der Waals surface area contributed by atoms with E-state index in [0.717, 1.165) is 5.56 Å². The van der Waals surface area contributed by atoms with Gasteiger partial charge in [0, 0.05) is 17.8 Å². The van der Waals surface area contributed by atoms with Crippen LogP contribution in [0.2, 0.25) is 0 Å². The van der Waals surface area contributed by atoms with Crippen LogP contribution in [0.1, 0.15) is 23.0 Å². The predicted molar refractivity (Wildman–Crippen MR) is 115 cm³/mol. The normalized spacial score (nSPS) is 13.2. The number of hydrogen-bond donors (Lipinski definition) is 1. The Morgan fingerprint density at radius 3 is 2.59 bits per heavy atom. The van der Waals surface area contributed by atoms with Crippen molar-refractivity contribution in [1.29, 1.82) is 0 Å². The van der Waals surface area contributed by atoms with E-state index in [9.17, 15) is 14.4 Å². The van der Waals surface area contributed by atoms with Crippen LogP contribution in [0, 0.1) is 0 Å². The van der Waals surface area contributed by atoms with Crippen molar-refractivity contribution in [3.63, 3.8) is 0 Å². The Morgan fingerprint density at radius 1 is 1.06 bits per heavy atom. The average molecular weight is 435 g/mol. The van der Waals surface area contributed by atoms with Crippen molar-refractivity contribution in [3.8, 4) is 11.5 Å². The highest BCUT2D eigenvalue weighted by Crippen LogP contribution is 2.32. The van der Waals surface area contributed by atoms with Crippen LogP contribution in [0.15, 0.2) is 65.5 Å². The number of carbonyl (C=O) groups is 2. The van der Waals surface area contributed by atoms with Crippen molar-refractivity contribution >= 4 is 17.6 Å². The first-order chi connectivity index (χ1) is 15.5. The van der Waals surface area contributed by atoms with Gasteiger partial charge in [-0.3, -0.25) is 9.59 Å². The molecule has 1 atom stereocenters. The first kappa shape index (κ1) is 21.1. The number of esters is 1. The van der Waals surface area contributed by atoms with Crippen LogP contribution in [0.4, 0.5) is 5.69 Å². The van der Waals surface area contributed by atoms with E-state index in [1.807, 2.05) is 30.3 Å². The second-order valence-corrected chi connectivity index (χ2v) is 7.10. The largest absolute Gasteiger partial charge is 0.486 e. The van der Waals surface area contributed by atoms with Gasteiger partial charge in [0.15, 0.2) is 23.3 Å². The molecule has 0 saturated carbocycles. The maximum absolute atomic E-state index is 12.5. The molecule has 1 aliphatic rings. The number of nitrogens with zero attached hydrogens (tertiary/aromatic N) is 2. The molecule has 1 N–H and O–H groups in total. The lowest BCUT2D eigenvalue weighted by molar-refractivity contribution is -0.123. The third-order valence-electron chi connectivity index (χ3n) is 4.71. The number of anilines is 1. The summed E-state index contributed by atoms with van der Waals surface area (Å²) in [5, 5.41) is 6.75. The first-order valence-electron chi connectivity index (χ1n) is 10.0. The van der Waals surface area contributed by atoms with E-state index >= 15 is 0 Å². The predicted octanol–water partition coefficient (Wildman–Crippen LogP) is 2.25. The summed E-state index contributed by atoms with van der Waals surface area (Å²) in [6.45, 7) is 2.56. The fourth-order valence-corrected chi connectivity index (χ4v) is 3.07. The van der Waals surface area contributed by atoms with Gasteiger partial charge in [0.1, 0.15) is 13.2 Å². The van der Waals surface area contributed by atoms with E-state index in [1.54, 1.807) is 18.2 Å². The molecular formula is C23H21N3O6. The molecule has 0 fully saturated rings. The summed E-state index contributed by atoms with van der Waals surface area (Å²) in [5.41, 5.74) is 0.922. The standard InChI is InChI=1S/C23H21N3O6/c1-15(22(28)24-17-7-9-19-20(13-17)31-12-11-30-19)32-23(29)18-8-10-21(27)26(25-18)14-16-5-3-2-4-6-16/h2-10,13,15H,11-12,14H2,1H3,(H,24,28)/t15-/m1/s1. The molecule has 9 nitrogen and oxygen atoms in total. The summed E-state index contributed by atoms with van der Waals surface area (Å²) in [7, 11) is 0. The summed E-state index contributed by atoms with van der Waals surface area (Å²) in [4.78, 5) is 37.1. The van der Waals surface area contributed by atoms with Crippen LogP contribution in [-0.2, 0) is 16.1 Å². The summed E-state index contributed by atoms with van der Waals surface area (Å²) in [6, 6.07) is 16.8. The van der Waals surface area contributed by atoms with Crippen molar-refractivity contribution in [3.05, 3.63) is 82.3 Å². The van der Waals surface area contributed by atoms with Crippen molar-refractivity contribution < 1.29 is 23.8 Å². The van der Waals surface area contributed by atoms with Crippen LogP contribution in [0.5, 0.6) is 11.5 Å². The number of aromatic nitrogens is 2. The third-order valence-corrected chi connectivity index (χ3v) is 4.71. The lowest BCUT2D eigenvalue weighted by atomic mass is 10.2. The van der Waals surface area contributed by atoms with Gasteiger partial charge in [0.05, 0.1) is 6.54 Å². The van der Waals surface area contributed by atoms with Gasteiger partial charge in [-0.05, 0) is 30.7 Å². The van der Waals surface area contributed by atoms with Crippen molar-refractivity contribution in [2.75, 3.05) is 18.5 Å². The Balaban J connectivity index is 1.40. The molecule has 1 amide bonds. The number of ether oxygens (including phenoxy) is 3. The number of fused-ring (bicyclic) bond motifs is 1. The third kappa shape index (κ3) is 4.94. The second kappa shape index (κ2) is 9.34. The van der Waals surface area contributed by atoms with E-state index in [-0.39, 0.29) is 17.8 Å². The Labute approximate surface area is 183 Å². The summed E-state index contributed by atoms with van der Waals surface area (Å²) in [5.74, 6) is -0.196. The molecule has 32 heavy (non-hydrogen) atoms. The average Bonchev–Trinajstić information content (AvgIpc) is 2.81. The number of carbonyl (C=O) groups excluding carboxylic acids is 2. The Hall–Kier alpha value is -4.14. The van der Waals surface area contributed by atoms with Crippen LogP contribution in [-0.4, -0.2) is 41.0 Å². The SMILES string of the molecule is C[C@@H](OC(=O)c1ccc(=O)n(Cc2ccccc2)n1)C(=O)Nc1ccc2c(c1)OCCO2. The molecule has 0 unspecified atom stereocenters. The minimum atomic E-state index is -1.09. The zero-order valence-electron chi connectivity index (χ0n) is 17.3.